The van der Waals surface area contributed by atoms with E-state index in [1.54, 1.807) is 16.8 Å². The molecule has 2 aliphatic heterocycles. The molecule has 204 valence electrons. The number of aromatic amines is 1. The number of benzene rings is 2. The summed E-state index contributed by atoms with van der Waals surface area (Å²) in [7, 11) is 0. The minimum atomic E-state index is -0.443. The fourth-order valence-corrected chi connectivity index (χ4v) is 6.52. The maximum atomic E-state index is 16.3. The molecule has 8 heteroatoms. The molecule has 0 aliphatic carbocycles. The third-order valence-corrected chi connectivity index (χ3v) is 8.55. The van der Waals surface area contributed by atoms with Crippen molar-refractivity contribution < 1.29 is 9.13 Å². The molecular weight excluding hydrogens is 505 g/mol. The average Bonchev–Trinajstić information content (AvgIpc) is 3.42. The van der Waals surface area contributed by atoms with Crippen LogP contribution in [0.3, 0.4) is 0 Å². The predicted octanol–water partition coefficient (Wildman–Crippen LogP) is 6.50. The van der Waals surface area contributed by atoms with Crippen LogP contribution in [0.1, 0.15) is 50.7 Å². The van der Waals surface area contributed by atoms with Crippen LogP contribution in [0, 0.1) is 18.7 Å². The van der Waals surface area contributed by atoms with Crippen molar-refractivity contribution >= 4 is 27.6 Å². The van der Waals surface area contributed by atoms with E-state index in [0.717, 1.165) is 47.1 Å². The van der Waals surface area contributed by atoms with Gasteiger partial charge in [0.1, 0.15) is 18.1 Å². The van der Waals surface area contributed by atoms with Gasteiger partial charge in [-0.25, -0.2) is 9.37 Å². The highest BCUT2D eigenvalue weighted by Crippen LogP contribution is 2.43. The zero-order valence-electron chi connectivity index (χ0n) is 23.2. The van der Waals surface area contributed by atoms with E-state index in [1.807, 2.05) is 43.3 Å². The van der Waals surface area contributed by atoms with E-state index in [1.165, 1.54) is 0 Å². The monoisotopic (exact) mass is 537 g/mol. The van der Waals surface area contributed by atoms with E-state index in [2.05, 4.69) is 35.9 Å². The zero-order chi connectivity index (χ0) is 27.7. The molecule has 7 rings (SSSR count). The molecular formula is C32H32FN5O2. The quantitative estimate of drug-likeness (QED) is 0.284. The largest absolute Gasteiger partial charge is 0.484 e. The van der Waals surface area contributed by atoms with Crippen LogP contribution in [0.4, 0.5) is 10.1 Å². The second kappa shape index (κ2) is 9.18. The molecule has 5 heterocycles. The Labute approximate surface area is 231 Å². The summed E-state index contributed by atoms with van der Waals surface area (Å²) in [5, 5.41) is 8.54. The van der Waals surface area contributed by atoms with Gasteiger partial charge in [0.25, 0.3) is 0 Å². The number of hydrogen-bond donors (Lipinski definition) is 1. The lowest BCUT2D eigenvalue weighted by atomic mass is 9.92. The van der Waals surface area contributed by atoms with Gasteiger partial charge in [0.2, 0.25) is 5.75 Å². The lowest BCUT2D eigenvalue weighted by Gasteiger charge is -2.44. The summed E-state index contributed by atoms with van der Waals surface area (Å²) in [4.78, 5) is 21.7. The number of halogens is 1. The fraction of sp³-hybridized carbons (Fsp3) is 0.344. The summed E-state index contributed by atoms with van der Waals surface area (Å²) in [5.41, 5.74) is 5.11. The maximum Gasteiger partial charge on any atom is 0.301 e. The van der Waals surface area contributed by atoms with E-state index >= 15 is 4.39 Å². The van der Waals surface area contributed by atoms with Gasteiger partial charge in [-0.05, 0) is 60.9 Å². The number of pyridine rings is 2. The Bertz CT molecular complexity index is 1860. The summed E-state index contributed by atoms with van der Waals surface area (Å²) in [5.74, 6) is 0.448. The first-order chi connectivity index (χ1) is 19.3. The van der Waals surface area contributed by atoms with Gasteiger partial charge in [0, 0.05) is 22.9 Å². The Morgan fingerprint density at radius 3 is 2.77 bits per heavy atom. The van der Waals surface area contributed by atoms with Gasteiger partial charge < -0.3 is 9.64 Å². The summed E-state index contributed by atoms with van der Waals surface area (Å²) in [6.45, 7) is 9.60. The lowest BCUT2D eigenvalue weighted by Crippen LogP contribution is -2.50. The van der Waals surface area contributed by atoms with E-state index in [-0.39, 0.29) is 29.0 Å². The number of piperidine rings is 1. The van der Waals surface area contributed by atoms with Gasteiger partial charge >= 0.3 is 5.56 Å². The maximum absolute atomic E-state index is 16.3. The third-order valence-electron chi connectivity index (χ3n) is 8.55. The second-order valence-corrected chi connectivity index (χ2v) is 11.6. The molecule has 1 saturated heterocycles. The summed E-state index contributed by atoms with van der Waals surface area (Å²) >= 11 is 0. The van der Waals surface area contributed by atoms with E-state index in [4.69, 9.17) is 9.72 Å². The van der Waals surface area contributed by atoms with Gasteiger partial charge in [0.15, 0.2) is 5.65 Å². The summed E-state index contributed by atoms with van der Waals surface area (Å²) in [6, 6.07) is 13.4. The number of nitrogens with zero attached hydrogens (tertiary/aromatic N) is 4. The van der Waals surface area contributed by atoms with Crippen molar-refractivity contribution in [2.45, 2.75) is 52.5 Å². The second-order valence-electron chi connectivity index (χ2n) is 11.6. The van der Waals surface area contributed by atoms with Crippen molar-refractivity contribution in [2.75, 3.05) is 18.1 Å². The standard InChI is InChI=1S/C32H32FN5O2/c1-17(2)21-7-5-6-8-26(21)38-31-22(29-30(32(38)39)40-16-20-11-9-18(3)15-37(20)29)13-24(33)28(35-31)27-19(4)10-12-25-23(27)14-34-36-25/h5-8,10,12-14,17-18,20H,9,11,15-16H2,1-4H3,(H,34,36)/t18-,20+/m0/s1. The number of aromatic nitrogens is 4. The van der Waals surface area contributed by atoms with Crippen molar-refractivity contribution in [3.8, 4) is 22.7 Å². The van der Waals surface area contributed by atoms with Crippen molar-refractivity contribution in [3.63, 3.8) is 0 Å². The van der Waals surface area contributed by atoms with Gasteiger partial charge in [-0.15, -0.1) is 0 Å². The van der Waals surface area contributed by atoms with Gasteiger partial charge in [0.05, 0.1) is 29.1 Å². The molecule has 5 aromatic rings. The Balaban J connectivity index is 1.61. The topological polar surface area (TPSA) is 76.0 Å². The number of rotatable bonds is 3. The smallest absolute Gasteiger partial charge is 0.301 e. The minimum absolute atomic E-state index is 0.148. The third kappa shape index (κ3) is 3.65. The van der Waals surface area contributed by atoms with Crippen LogP contribution in [0.5, 0.6) is 5.75 Å². The van der Waals surface area contributed by atoms with Gasteiger partial charge in [-0.3, -0.25) is 14.5 Å². The molecule has 7 nitrogen and oxygen atoms in total. The molecule has 40 heavy (non-hydrogen) atoms. The number of hydrogen-bond acceptors (Lipinski definition) is 5. The van der Waals surface area contributed by atoms with Crippen LogP contribution in [0.2, 0.25) is 0 Å². The average molecular weight is 538 g/mol. The van der Waals surface area contributed by atoms with Crippen LogP contribution in [0.25, 0.3) is 38.9 Å². The molecule has 1 fully saturated rings. The summed E-state index contributed by atoms with van der Waals surface area (Å²) in [6.07, 6.45) is 3.77. The number of para-hydroxylation sites is 1. The lowest BCUT2D eigenvalue weighted by molar-refractivity contribution is 0.222. The van der Waals surface area contributed by atoms with E-state index < -0.39 is 5.82 Å². The van der Waals surface area contributed by atoms with Gasteiger partial charge in [-0.2, -0.15) is 5.10 Å². The number of anilines is 1. The number of H-pyrrole nitrogens is 1. The fourth-order valence-electron chi connectivity index (χ4n) is 6.52. The molecule has 2 aliphatic rings. The molecule has 2 atom stereocenters. The van der Waals surface area contributed by atoms with Crippen molar-refractivity contribution in [1.29, 1.82) is 0 Å². The van der Waals surface area contributed by atoms with Crippen molar-refractivity contribution in [3.05, 3.63) is 76.0 Å². The highest BCUT2D eigenvalue weighted by Gasteiger charge is 2.37. The molecule has 1 N–H and O–H groups in total. The van der Waals surface area contributed by atoms with E-state index in [0.29, 0.717) is 34.8 Å². The van der Waals surface area contributed by atoms with E-state index in [9.17, 15) is 4.79 Å². The summed E-state index contributed by atoms with van der Waals surface area (Å²) < 4.78 is 24.1. The SMILES string of the molecule is Cc1ccc2[nH]ncc2c1-c1nc2c(cc1F)c1c(c(=O)n2-c2ccccc2C(C)C)OC[C@H]2CC[C@H](C)CN12. The van der Waals surface area contributed by atoms with Crippen molar-refractivity contribution in [2.24, 2.45) is 5.92 Å². The van der Waals surface area contributed by atoms with Crippen LogP contribution in [0.15, 0.2) is 53.5 Å². The first kappa shape index (κ1) is 24.8. The molecule has 0 unspecified atom stereocenters. The predicted molar refractivity (Wildman–Crippen MR) is 156 cm³/mol. The number of aryl methyl sites for hydroxylation is 1. The molecule has 0 amide bonds. The first-order valence-electron chi connectivity index (χ1n) is 14.0. The van der Waals surface area contributed by atoms with Crippen LogP contribution in [-0.4, -0.2) is 38.9 Å². The minimum Gasteiger partial charge on any atom is -0.484 e. The molecule has 0 spiro atoms. The van der Waals surface area contributed by atoms with Crippen molar-refractivity contribution in [1.82, 2.24) is 19.7 Å². The highest BCUT2D eigenvalue weighted by molar-refractivity contribution is 5.99. The first-order valence-corrected chi connectivity index (χ1v) is 14.0. The Hall–Kier alpha value is -4.20. The highest BCUT2D eigenvalue weighted by atomic mass is 19.1. The Kier molecular flexibility index (Phi) is 5.70. The van der Waals surface area contributed by atoms with Crippen LogP contribution < -0.4 is 15.2 Å². The van der Waals surface area contributed by atoms with Crippen LogP contribution in [-0.2, 0) is 0 Å². The van der Waals surface area contributed by atoms with Gasteiger partial charge in [-0.1, -0.05) is 45.0 Å². The Morgan fingerprint density at radius 2 is 1.95 bits per heavy atom. The Morgan fingerprint density at radius 1 is 1.12 bits per heavy atom. The number of fused-ring (bicyclic) bond motifs is 6. The molecule has 3 aromatic heterocycles. The van der Waals surface area contributed by atoms with Crippen LogP contribution >= 0.6 is 0 Å². The number of ether oxygens (including phenoxy) is 1. The normalized spacial score (nSPS) is 18.7. The number of nitrogens with one attached hydrogen (secondary N) is 1. The molecule has 0 saturated carbocycles. The zero-order valence-corrected chi connectivity index (χ0v) is 23.2. The molecule has 0 radical (unpaired) electrons. The molecule has 0 bridgehead atoms. The molecule has 2 aromatic carbocycles.